The number of aliphatic hydroxyl groups excluding tert-OH is 1. The number of aromatic amines is 1. The van der Waals surface area contributed by atoms with Crippen LogP contribution in [0.3, 0.4) is 0 Å². The zero-order chi connectivity index (χ0) is 23.3. The van der Waals surface area contributed by atoms with Crippen LogP contribution in [0.2, 0.25) is 0 Å². The third-order valence-corrected chi connectivity index (χ3v) is 5.02. The molecule has 3 N–H and O–H groups in total. The molecule has 1 heterocycles. The Balaban J connectivity index is 1.96. The molecule has 10 heteroatoms. The number of halogens is 3. The first-order valence-electron chi connectivity index (χ1n) is 9.86. The van der Waals surface area contributed by atoms with Gasteiger partial charge in [-0.15, -0.1) is 0 Å². The SMILES string of the molecule is CN(CC#N)C(=O)CC(Nc1nc2c(CCO)cccc2[nH]1)c1cccc(C(F)(F)F)c1. The topological polar surface area (TPSA) is 105 Å². The molecule has 168 valence electrons. The fourth-order valence-electron chi connectivity index (χ4n) is 3.36. The zero-order valence-corrected chi connectivity index (χ0v) is 17.3. The number of carbonyl (C=O) groups excluding carboxylic acids is 1. The Hall–Kier alpha value is -3.58. The lowest BCUT2D eigenvalue weighted by atomic mass is 10.0. The minimum absolute atomic E-state index is 0.0542. The lowest BCUT2D eigenvalue weighted by molar-refractivity contribution is -0.137. The molecule has 0 aliphatic carbocycles. The number of carbonyl (C=O) groups is 1. The quantitative estimate of drug-likeness (QED) is 0.459. The molecule has 1 atom stereocenters. The fraction of sp³-hybridized carbons (Fsp3) is 0.318. The van der Waals surface area contributed by atoms with Crippen LogP contribution in [0, 0.1) is 11.3 Å². The molecular weight excluding hydrogens is 423 g/mol. The molecule has 0 aliphatic rings. The van der Waals surface area contributed by atoms with Gasteiger partial charge in [-0.3, -0.25) is 4.79 Å². The van der Waals surface area contributed by atoms with Crippen molar-refractivity contribution in [3.8, 4) is 6.07 Å². The molecule has 3 rings (SSSR count). The van der Waals surface area contributed by atoms with E-state index in [1.807, 2.05) is 12.1 Å². The van der Waals surface area contributed by atoms with Crippen LogP contribution in [0.15, 0.2) is 42.5 Å². The number of aromatic nitrogens is 2. The molecule has 1 aromatic heterocycles. The molecule has 0 spiro atoms. The number of hydrogen-bond acceptors (Lipinski definition) is 5. The predicted molar refractivity (Wildman–Crippen MR) is 113 cm³/mol. The number of alkyl halides is 3. The van der Waals surface area contributed by atoms with Gasteiger partial charge in [0.2, 0.25) is 11.9 Å². The van der Waals surface area contributed by atoms with Gasteiger partial charge in [0.15, 0.2) is 0 Å². The average molecular weight is 445 g/mol. The highest BCUT2D eigenvalue weighted by Gasteiger charge is 2.31. The fourth-order valence-corrected chi connectivity index (χ4v) is 3.36. The molecule has 2 aromatic carbocycles. The van der Waals surface area contributed by atoms with E-state index in [1.54, 1.807) is 12.1 Å². The van der Waals surface area contributed by atoms with Gasteiger partial charge in [0.05, 0.1) is 35.1 Å². The van der Waals surface area contributed by atoms with E-state index in [9.17, 15) is 23.1 Å². The van der Waals surface area contributed by atoms with Crippen LogP contribution >= 0.6 is 0 Å². The van der Waals surface area contributed by atoms with Crippen molar-refractivity contribution in [3.63, 3.8) is 0 Å². The van der Waals surface area contributed by atoms with Crippen LogP contribution in [0.25, 0.3) is 11.0 Å². The van der Waals surface area contributed by atoms with Crippen molar-refractivity contribution in [2.75, 3.05) is 25.5 Å². The van der Waals surface area contributed by atoms with E-state index < -0.39 is 23.7 Å². The van der Waals surface area contributed by atoms with Crippen LogP contribution in [0.4, 0.5) is 19.1 Å². The predicted octanol–water partition coefficient (Wildman–Crippen LogP) is 3.64. The highest BCUT2D eigenvalue weighted by Crippen LogP contribution is 2.32. The summed E-state index contributed by atoms with van der Waals surface area (Å²) in [5.74, 6) is -0.123. The lowest BCUT2D eigenvalue weighted by Crippen LogP contribution is -2.30. The summed E-state index contributed by atoms with van der Waals surface area (Å²) in [6, 6.07) is 11.2. The number of nitrogens with one attached hydrogen (secondary N) is 2. The molecule has 7 nitrogen and oxygen atoms in total. The molecule has 0 radical (unpaired) electrons. The van der Waals surface area contributed by atoms with Crippen molar-refractivity contribution in [1.82, 2.24) is 14.9 Å². The number of rotatable bonds is 8. The third kappa shape index (κ3) is 5.36. The Labute approximate surface area is 182 Å². The summed E-state index contributed by atoms with van der Waals surface area (Å²) in [5.41, 5.74) is 1.56. The summed E-state index contributed by atoms with van der Waals surface area (Å²) in [4.78, 5) is 21.3. The zero-order valence-electron chi connectivity index (χ0n) is 17.3. The summed E-state index contributed by atoms with van der Waals surface area (Å²) in [5, 5.41) is 21.1. The first-order valence-corrected chi connectivity index (χ1v) is 9.86. The van der Waals surface area contributed by atoms with Gasteiger partial charge in [-0.1, -0.05) is 24.3 Å². The molecule has 0 bridgehead atoms. The van der Waals surface area contributed by atoms with Gasteiger partial charge >= 0.3 is 6.18 Å². The monoisotopic (exact) mass is 445 g/mol. The summed E-state index contributed by atoms with van der Waals surface area (Å²) in [6.07, 6.45) is -4.31. The number of nitriles is 1. The van der Waals surface area contributed by atoms with Crippen LogP contribution in [-0.2, 0) is 17.4 Å². The standard InChI is InChI=1S/C22H22F3N5O2/c1-30(10-9-26)19(32)13-18(15-5-2-6-16(12-15)22(23,24)25)28-21-27-17-7-3-4-14(8-11-31)20(17)29-21/h2-7,12,18,31H,8,10-11,13H2,1H3,(H2,27,28,29). The number of imidazole rings is 1. The average Bonchev–Trinajstić information content (AvgIpc) is 3.16. The minimum Gasteiger partial charge on any atom is -0.396 e. The normalized spacial score (nSPS) is 12.4. The van der Waals surface area contributed by atoms with Gasteiger partial charge in [0, 0.05) is 13.7 Å². The maximum absolute atomic E-state index is 13.2. The summed E-state index contributed by atoms with van der Waals surface area (Å²) in [6.45, 7) is -0.190. The Bertz CT molecular complexity index is 1140. The first kappa shape index (κ1) is 23.1. The summed E-state index contributed by atoms with van der Waals surface area (Å²) >= 11 is 0. The van der Waals surface area contributed by atoms with Gasteiger partial charge in [-0.05, 0) is 35.7 Å². The number of anilines is 1. The van der Waals surface area contributed by atoms with Crippen molar-refractivity contribution in [1.29, 1.82) is 5.26 Å². The first-order chi connectivity index (χ1) is 15.2. The maximum Gasteiger partial charge on any atom is 0.416 e. The molecule has 1 unspecified atom stereocenters. The van der Waals surface area contributed by atoms with E-state index in [-0.39, 0.29) is 31.1 Å². The number of fused-ring (bicyclic) bond motifs is 1. The number of hydrogen-bond donors (Lipinski definition) is 3. The molecule has 32 heavy (non-hydrogen) atoms. The van der Waals surface area contributed by atoms with E-state index in [0.717, 1.165) is 17.7 Å². The van der Waals surface area contributed by atoms with Gasteiger partial charge < -0.3 is 20.3 Å². The number of H-pyrrole nitrogens is 1. The van der Waals surface area contributed by atoms with Crippen molar-refractivity contribution in [3.05, 3.63) is 59.2 Å². The second kappa shape index (κ2) is 9.70. The van der Waals surface area contributed by atoms with Gasteiger partial charge in [0.1, 0.15) is 6.54 Å². The summed E-state index contributed by atoms with van der Waals surface area (Å²) < 4.78 is 39.7. The van der Waals surface area contributed by atoms with E-state index in [4.69, 9.17) is 5.26 Å². The molecular formula is C22H22F3N5O2. The molecule has 0 saturated heterocycles. The van der Waals surface area contributed by atoms with Crippen molar-refractivity contribution >= 4 is 22.9 Å². The van der Waals surface area contributed by atoms with Crippen LogP contribution in [-0.4, -0.2) is 46.1 Å². The van der Waals surface area contributed by atoms with E-state index >= 15 is 0 Å². The highest BCUT2D eigenvalue weighted by molar-refractivity contribution is 5.81. The smallest absolute Gasteiger partial charge is 0.396 e. The molecule has 0 saturated carbocycles. The Morgan fingerprint density at radius 2 is 2.06 bits per heavy atom. The minimum atomic E-state index is -4.53. The number of benzene rings is 2. The van der Waals surface area contributed by atoms with Crippen molar-refractivity contribution < 1.29 is 23.1 Å². The second-order valence-electron chi connectivity index (χ2n) is 7.30. The van der Waals surface area contributed by atoms with E-state index in [2.05, 4.69) is 15.3 Å². The number of nitrogens with zero attached hydrogens (tertiary/aromatic N) is 3. The van der Waals surface area contributed by atoms with Gasteiger partial charge in [0.25, 0.3) is 0 Å². The Kier molecular flexibility index (Phi) is 7.00. The van der Waals surface area contributed by atoms with Crippen molar-refractivity contribution in [2.24, 2.45) is 0 Å². The molecule has 0 fully saturated rings. The van der Waals surface area contributed by atoms with E-state index in [1.165, 1.54) is 24.1 Å². The number of para-hydroxylation sites is 1. The molecule has 0 aliphatic heterocycles. The Morgan fingerprint density at radius 1 is 1.31 bits per heavy atom. The number of aliphatic hydroxyl groups is 1. The maximum atomic E-state index is 13.2. The number of amides is 1. The highest BCUT2D eigenvalue weighted by atomic mass is 19.4. The third-order valence-electron chi connectivity index (χ3n) is 5.02. The lowest BCUT2D eigenvalue weighted by Gasteiger charge is -2.22. The molecule has 1 amide bonds. The van der Waals surface area contributed by atoms with Crippen LogP contribution in [0.1, 0.15) is 29.2 Å². The van der Waals surface area contributed by atoms with Gasteiger partial charge in [-0.2, -0.15) is 18.4 Å². The van der Waals surface area contributed by atoms with Gasteiger partial charge in [-0.25, -0.2) is 4.98 Å². The largest absolute Gasteiger partial charge is 0.416 e. The van der Waals surface area contributed by atoms with Crippen LogP contribution < -0.4 is 5.32 Å². The van der Waals surface area contributed by atoms with Crippen LogP contribution in [0.5, 0.6) is 0 Å². The summed E-state index contributed by atoms with van der Waals surface area (Å²) in [7, 11) is 1.46. The molecule has 3 aromatic rings. The van der Waals surface area contributed by atoms with E-state index in [0.29, 0.717) is 17.5 Å². The second-order valence-corrected chi connectivity index (χ2v) is 7.30. The van der Waals surface area contributed by atoms with Crippen molar-refractivity contribution in [2.45, 2.75) is 25.1 Å². The Morgan fingerprint density at radius 3 is 2.75 bits per heavy atom.